The van der Waals surface area contributed by atoms with E-state index in [-0.39, 0.29) is 24.1 Å². The number of unbranched alkanes of at least 4 members (excludes halogenated alkanes) is 19. The highest BCUT2D eigenvalue weighted by Gasteiger charge is 2.39. The molecule has 0 radical (unpaired) electrons. The Hall–Kier alpha value is -1.89. The van der Waals surface area contributed by atoms with Crippen LogP contribution in [0, 0.1) is 17.8 Å². The lowest BCUT2D eigenvalue weighted by Crippen LogP contribution is -2.58. The SMILES string of the molecule is CCCCCCCCCCCCCCCCCCCCC/C=C/C[N+](CC(CC)C(=O)O)(CC(CC)C(=O)O)CC(CC)C(=O)O. The smallest absolute Gasteiger partial charge is 0.312 e. The molecule has 0 amide bonds. The quantitative estimate of drug-likeness (QED) is 0.0362. The van der Waals surface area contributed by atoms with Crippen LogP contribution in [-0.2, 0) is 14.4 Å². The Kier molecular flexibility index (Phi) is 28.1. The van der Waals surface area contributed by atoms with Crippen LogP contribution in [0.4, 0.5) is 0 Å². The summed E-state index contributed by atoms with van der Waals surface area (Å²) >= 11 is 0. The van der Waals surface area contributed by atoms with Gasteiger partial charge in [0.25, 0.3) is 0 Å². The number of aliphatic carboxylic acids is 3. The Balaban J connectivity index is 4.49. The third-order valence-electron chi connectivity index (χ3n) is 9.98. The molecule has 3 unspecified atom stereocenters. The number of carboxylic acids is 3. The third-order valence-corrected chi connectivity index (χ3v) is 9.98. The summed E-state index contributed by atoms with van der Waals surface area (Å²) < 4.78 is 0.177. The van der Waals surface area contributed by atoms with Crippen molar-refractivity contribution in [3.63, 3.8) is 0 Å². The van der Waals surface area contributed by atoms with Crippen LogP contribution in [0.15, 0.2) is 12.2 Å². The monoisotopic (exact) mass is 653 g/mol. The van der Waals surface area contributed by atoms with Crippen LogP contribution in [0.3, 0.4) is 0 Å². The van der Waals surface area contributed by atoms with Crippen LogP contribution < -0.4 is 0 Å². The molecular weight excluding hydrogens is 578 g/mol. The Morgan fingerprint density at radius 1 is 0.457 bits per heavy atom. The van der Waals surface area contributed by atoms with Gasteiger partial charge in [0, 0.05) is 0 Å². The van der Waals surface area contributed by atoms with E-state index in [2.05, 4.69) is 13.0 Å². The van der Waals surface area contributed by atoms with Crippen molar-refractivity contribution < 1.29 is 34.2 Å². The normalized spacial score (nSPS) is 15.0. The van der Waals surface area contributed by atoms with E-state index in [1.165, 1.54) is 116 Å². The molecule has 0 saturated carbocycles. The Morgan fingerprint density at radius 2 is 0.739 bits per heavy atom. The van der Waals surface area contributed by atoms with Gasteiger partial charge < -0.3 is 19.8 Å². The standard InChI is InChI=1S/C39H73NO6/c1-5-9-10-11-12-13-14-15-16-17-18-19-20-21-22-23-24-25-26-27-28-29-30-40(31-34(6-2)37(41)42,32-35(7-3)38(43)44)33-36(8-4)39(45)46/h28-29,34-36H,5-27,30-33H2,1-4H3,(H2-,41,42,43,44,45,46)/p+1/b29-28+. The second kappa shape index (κ2) is 29.3. The Morgan fingerprint density at radius 3 is 1.00 bits per heavy atom. The fraction of sp³-hybridized carbons (Fsp3) is 0.872. The van der Waals surface area contributed by atoms with Gasteiger partial charge >= 0.3 is 17.9 Å². The summed E-state index contributed by atoms with van der Waals surface area (Å²) in [5.41, 5.74) is 0. The highest BCUT2D eigenvalue weighted by Crippen LogP contribution is 2.24. The number of nitrogens with zero attached hydrogens (tertiary/aromatic N) is 1. The van der Waals surface area contributed by atoms with Gasteiger partial charge in [-0.15, -0.1) is 0 Å². The number of quaternary nitrogens is 1. The van der Waals surface area contributed by atoms with Crippen molar-refractivity contribution in [2.45, 2.75) is 175 Å². The number of carboxylic acid groups (broad SMARTS) is 3. The maximum atomic E-state index is 12.0. The minimum Gasteiger partial charge on any atom is -0.481 e. The zero-order chi connectivity index (χ0) is 34.5. The fourth-order valence-electron chi connectivity index (χ4n) is 6.75. The molecule has 3 atom stereocenters. The molecule has 270 valence electrons. The maximum absolute atomic E-state index is 12.0. The fourth-order valence-corrected chi connectivity index (χ4v) is 6.75. The molecule has 0 bridgehead atoms. The van der Waals surface area contributed by atoms with Crippen molar-refractivity contribution in [3.05, 3.63) is 12.2 Å². The van der Waals surface area contributed by atoms with Gasteiger partial charge in [-0.1, -0.05) is 149 Å². The van der Waals surface area contributed by atoms with Crippen molar-refractivity contribution in [1.29, 1.82) is 0 Å². The molecule has 0 heterocycles. The van der Waals surface area contributed by atoms with Crippen molar-refractivity contribution in [2.24, 2.45) is 17.8 Å². The zero-order valence-electron chi connectivity index (χ0n) is 30.5. The summed E-state index contributed by atoms with van der Waals surface area (Å²) in [7, 11) is 0. The van der Waals surface area contributed by atoms with Gasteiger partial charge in [0.1, 0.15) is 17.8 Å². The minimum atomic E-state index is -0.908. The van der Waals surface area contributed by atoms with E-state index in [1.54, 1.807) is 0 Å². The molecule has 0 aliphatic heterocycles. The zero-order valence-corrected chi connectivity index (χ0v) is 30.5. The highest BCUT2D eigenvalue weighted by atomic mass is 16.4. The van der Waals surface area contributed by atoms with E-state index >= 15 is 0 Å². The van der Waals surface area contributed by atoms with Gasteiger partial charge in [0.05, 0.1) is 26.2 Å². The van der Waals surface area contributed by atoms with Crippen LogP contribution in [0.25, 0.3) is 0 Å². The number of allylic oxidation sites excluding steroid dienone is 1. The predicted molar refractivity (Wildman–Crippen MR) is 191 cm³/mol. The molecule has 0 aliphatic rings. The van der Waals surface area contributed by atoms with E-state index in [9.17, 15) is 29.7 Å². The van der Waals surface area contributed by atoms with Gasteiger partial charge in [-0.25, -0.2) is 0 Å². The summed E-state index contributed by atoms with van der Waals surface area (Å²) in [5, 5.41) is 29.5. The first-order valence-corrected chi connectivity index (χ1v) is 19.3. The van der Waals surface area contributed by atoms with Gasteiger partial charge in [-0.3, -0.25) is 14.4 Å². The second-order valence-electron chi connectivity index (χ2n) is 14.0. The van der Waals surface area contributed by atoms with Gasteiger partial charge in [-0.2, -0.15) is 0 Å². The number of rotatable bonds is 34. The van der Waals surface area contributed by atoms with Crippen LogP contribution in [0.2, 0.25) is 0 Å². The largest absolute Gasteiger partial charge is 0.481 e. The molecule has 3 N–H and O–H groups in total. The Bertz CT molecular complexity index is 738. The van der Waals surface area contributed by atoms with E-state index in [4.69, 9.17) is 0 Å². The number of hydrogen-bond donors (Lipinski definition) is 3. The van der Waals surface area contributed by atoms with Crippen LogP contribution in [-0.4, -0.2) is 63.9 Å². The van der Waals surface area contributed by atoms with E-state index in [1.807, 2.05) is 26.8 Å². The topological polar surface area (TPSA) is 112 Å². The lowest BCUT2D eigenvalue weighted by molar-refractivity contribution is -0.929. The summed E-state index contributed by atoms with van der Waals surface area (Å²) in [4.78, 5) is 36.0. The minimum absolute atomic E-state index is 0.177. The van der Waals surface area contributed by atoms with Gasteiger partial charge in [0.15, 0.2) is 0 Å². The lowest BCUT2D eigenvalue weighted by Gasteiger charge is -2.42. The average Bonchev–Trinajstić information content (AvgIpc) is 3.03. The number of carbonyl (C=O) groups is 3. The predicted octanol–water partition coefficient (Wildman–Crippen LogP) is 10.5. The highest BCUT2D eigenvalue weighted by molar-refractivity contribution is 5.71. The molecule has 7 heteroatoms. The second-order valence-corrected chi connectivity index (χ2v) is 14.0. The Labute approximate surface area is 283 Å². The first-order chi connectivity index (χ1) is 22.2. The third kappa shape index (κ3) is 22.6. The van der Waals surface area contributed by atoms with Crippen molar-refractivity contribution in [2.75, 3.05) is 26.2 Å². The first-order valence-electron chi connectivity index (χ1n) is 19.3. The first kappa shape index (κ1) is 44.1. The molecule has 0 saturated heterocycles. The maximum Gasteiger partial charge on any atom is 0.312 e. The van der Waals surface area contributed by atoms with E-state index in [0.29, 0.717) is 25.8 Å². The molecule has 0 spiro atoms. The van der Waals surface area contributed by atoms with E-state index < -0.39 is 35.7 Å². The molecule has 0 aliphatic carbocycles. The molecular formula is C39H74NO6+. The van der Waals surface area contributed by atoms with Crippen LogP contribution in [0.1, 0.15) is 175 Å². The van der Waals surface area contributed by atoms with Crippen molar-refractivity contribution in [1.82, 2.24) is 0 Å². The van der Waals surface area contributed by atoms with Crippen LogP contribution >= 0.6 is 0 Å². The van der Waals surface area contributed by atoms with Crippen molar-refractivity contribution in [3.8, 4) is 0 Å². The van der Waals surface area contributed by atoms with Crippen LogP contribution in [0.5, 0.6) is 0 Å². The number of hydrogen-bond acceptors (Lipinski definition) is 3. The summed E-state index contributed by atoms with van der Waals surface area (Å²) in [5.74, 6) is -4.67. The van der Waals surface area contributed by atoms with Gasteiger partial charge in [0.2, 0.25) is 0 Å². The average molecular weight is 653 g/mol. The molecule has 0 fully saturated rings. The molecule has 0 rings (SSSR count). The molecule has 0 aromatic carbocycles. The van der Waals surface area contributed by atoms with Crippen molar-refractivity contribution >= 4 is 17.9 Å². The summed E-state index contributed by atoms with van der Waals surface area (Å²) in [6.45, 7) is 8.92. The molecule has 0 aromatic heterocycles. The van der Waals surface area contributed by atoms with E-state index in [0.717, 1.165) is 12.8 Å². The summed E-state index contributed by atoms with van der Waals surface area (Å²) in [6.07, 6.45) is 32.1. The molecule has 46 heavy (non-hydrogen) atoms. The lowest BCUT2D eigenvalue weighted by atomic mass is 9.96. The molecule has 7 nitrogen and oxygen atoms in total. The molecule has 0 aromatic rings. The van der Waals surface area contributed by atoms with Gasteiger partial charge in [-0.05, 0) is 38.2 Å². The summed E-state index contributed by atoms with van der Waals surface area (Å²) in [6, 6.07) is 0.